The highest BCUT2D eigenvalue weighted by molar-refractivity contribution is 5.88. The van der Waals surface area contributed by atoms with Crippen LogP contribution < -0.4 is 0 Å². The van der Waals surface area contributed by atoms with Gasteiger partial charge in [-0.1, -0.05) is 0 Å². The number of nitrogens with zero attached hydrogens (tertiary/aromatic N) is 3. The fraction of sp³-hybridized carbons (Fsp3) is 0.333. The Hall–Kier alpha value is -2.98. The number of aromatic nitrogens is 1. The van der Waals surface area contributed by atoms with Gasteiger partial charge in [-0.05, 0) is 12.1 Å². The lowest BCUT2D eigenvalue weighted by molar-refractivity contribution is -0.790. The second-order valence-electron chi connectivity index (χ2n) is 3.31. The van der Waals surface area contributed by atoms with Gasteiger partial charge in [-0.25, -0.2) is 4.79 Å². The van der Waals surface area contributed by atoms with E-state index in [1.807, 2.05) is 0 Å². The van der Waals surface area contributed by atoms with Crippen LogP contribution in [0.3, 0.4) is 0 Å². The third-order valence-electron chi connectivity index (χ3n) is 1.90. The number of ether oxygens (including phenoxy) is 1. The van der Waals surface area contributed by atoms with Crippen molar-refractivity contribution in [2.24, 2.45) is 0 Å². The molecule has 0 bridgehead atoms. The van der Waals surface area contributed by atoms with Crippen LogP contribution in [0, 0.1) is 20.2 Å². The van der Waals surface area contributed by atoms with Crippen molar-refractivity contribution in [3.8, 4) is 0 Å². The second kappa shape index (κ2) is 7.45. The highest BCUT2D eigenvalue weighted by Gasteiger charge is 2.18. The zero-order chi connectivity index (χ0) is 15.0. The van der Waals surface area contributed by atoms with E-state index >= 15 is 0 Å². The Balaban J connectivity index is 2.50. The molecule has 0 aliphatic carbocycles. The Morgan fingerprint density at radius 3 is 2.60 bits per heavy atom. The molecule has 11 nitrogen and oxygen atoms in total. The number of rotatable bonds is 8. The van der Waals surface area contributed by atoms with Crippen LogP contribution in [0.15, 0.2) is 24.5 Å². The summed E-state index contributed by atoms with van der Waals surface area (Å²) in [6.07, 6.45) is 1.27. The Morgan fingerprint density at radius 1 is 1.30 bits per heavy atom. The molecule has 0 saturated heterocycles. The summed E-state index contributed by atoms with van der Waals surface area (Å²) in [6.45, 7) is -1.32. The van der Waals surface area contributed by atoms with Crippen molar-refractivity contribution in [1.82, 2.24) is 4.98 Å². The summed E-state index contributed by atoms with van der Waals surface area (Å²) >= 11 is 0. The van der Waals surface area contributed by atoms with Gasteiger partial charge in [0.2, 0.25) is 0 Å². The lowest BCUT2D eigenvalue weighted by Gasteiger charge is -2.13. The predicted octanol–water partition coefficient (Wildman–Crippen LogP) is 0.0236. The number of hydrogen-bond donors (Lipinski definition) is 0. The van der Waals surface area contributed by atoms with E-state index in [1.165, 1.54) is 24.5 Å². The SMILES string of the molecule is O=C(OCC(CO[N+](=O)[O-])O[N+](=O)[O-])c1cccnc1. The number of carbonyl (C=O) groups is 1. The highest BCUT2D eigenvalue weighted by Crippen LogP contribution is 2.02. The van der Waals surface area contributed by atoms with Gasteiger partial charge in [0.1, 0.15) is 13.2 Å². The van der Waals surface area contributed by atoms with E-state index in [2.05, 4.69) is 14.7 Å². The van der Waals surface area contributed by atoms with Crippen LogP contribution in [0.1, 0.15) is 10.4 Å². The van der Waals surface area contributed by atoms with Crippen molar-refractivity contribution >= 4 is 5.97 Å². The van der Waals surface area contributed by atoms with Crippen LogP contribution in [-0.4, -0.2) is 40.4 Å². The van der Waals surface area contributed by atoms with Crippen LogP contribution in [-0.2, 0) is 14.4 Å². The Bertz CT molecular complexity index is 479. The summed E-state index contributed by atoms with van der Waals surface area (Å²) in [6, 6.07) is 2.92. The van der Waals surface area contributed by atoms with Gasteiger partial charge in [0.05, 0.1) is 5.56 Å². The van der Waals surface area contributed by atoms with Gasteiger partial charge in [-0.15, -0.1) is 20.2 Å². The van der Waals surface area contributed by atoms with E-state index in [-0.39, 0.29) is 5.56 Å². The highest BCUT2D eigenvalue weighted by atomic mass is 17.0. The molecular formula is C9H9N3O8. The summed E-state index contributed by atoms with van der Waals surface area (Å²) in [5, 5.41) is 17.9. The van der Waals surface area contributed by atoms with Gasteiger partial charge >= 0.3 is 5.97 Å². The molecule has 11 heteroatoms. The molecule has 0 saturated carbocycles. The van der Waals surface area contributed by atoms with Crippen molar-refractivity contribution < 1.29 is 29.4 Å². The van der Waals surface area contributed by atoms with Gasteiger partial charge in [-0.3, -0.25) is 4.98 Å². The zero-order valence-corrected chi connectivity index (χ0v) is 9.91. The molecule has 1 atom stereocenters. The van der Waals surface area contributed by atoms with Gasteiger partial charge in [0.15, 0.2) is 6.10 Å². The maximum Gasteiger partial charge on any atom is 0.339 e. The summed E-state index contributed by atoms with van der Waals surface area (Å²) in [7, 11) is 0. The summed E-state index contributed by atoms with van der Waals surface area (Å²) < 4.78 is 4.71. The van der Waals surface area contributed by atoms with E-state index in [9.17, 15) is 25.0 Å². The summed E-state index contributed by atoms with van der Waals surface area (Å²) in [5.74, 6) is -0.795. The van der Waals surface area contributed by atoms with E-state index in [4.69, 9.17) is 4.74 Å². The molecule has 0 amide bonds. The maximum atomic E-state index is 11.5. The molecule has 1 aromatic heterocycles. The molecule has 1 heterocycles. The Morgan fingerprint density at radius 2 is 2.05 bits per heavy atom. The van der Waals surface area contributed by atoms with E-state index in [0.29, 0.717) is 0 Å². The van der Waals surface area contributed by atoms with Crippen LogP contribution in [0.5, 0.6) is 0 Å². The number of carbonyl (C=O) groups excluding carboxylic acids is 1. The Kier molecular flexibility index (Phi) is 5.62. The molecule has 0 aliphatic rings. The van der Waals surface area contributed by atoms with Gasteiger partial charge in [-0.2, -0.15) is 0 Å². The first kappa shape index (κ1) is 15.1. The smallest absolute Gasteiger partial charge is 0.339 e. The molecule has 0 fully saturated rings. The van der Waals surface area contributed by atoms with Crippen molar-refractivity contribution in [1.29, 1.82) is 0 Å². The zero-order valence-electron chi connectivity index (χ0n) is 9.91. The first-order valence-electron chi connectivity index (χ1n) is 5.14. The van der Waals surface area contributed by atoms with Crippen LogP contribution in [0.25, 0.3) is 0 Å². The minimum atomic E-state index is -1.41. The molecule has 0 spiro atoms. The number of esters is 1. The first-order valence-corrected chi connectivity index (χ1v) is 5.14. The second-order valence-corrected chi connectivity index (χ2v) is 3.31. The van der Waals surface area contributed by atoms with E-state index in [0.717, 1.165) is 0 Å². The largest absolute Gasteiger partial charge is 0.460 e. The van der Waals surface area contributed by atoms with Crippen LogP contribution in [0.2, 0.25) is 0 Å². The minimum Gasteiger partial charge on any atom is -0.460 e. The molecule has 0 radical (unpaired) electrons. The molecule has 1 aromatic rings. The van der Waals surface area contributed by atoms with Crippen molar-refractivity contribution in [2.75, 3.05) is 13.2 Å². The molecule has 0 N–H and O–H groups in total. The summed E-state index contributed by atoms with van der Waals surface area (Å²) in [5.41, 5.74) is 0.127. The molecule has 0 aliphatic heterocycles. The number of hydrogen-bond acceptors (Lipinski definition) is 9. The van der Waals surface area contributed by atoms with Gasteiger partial charge in [0, 0.05) is 12.4 Å². The lowest BCUT2D eigenvalue weighted by atomic mass is 10.3. The van der Waals surface area contributed by atoms with Crippen LogP contribution in [0.4, 0.5) is 0 Å². The van der Waals surface area contributed by atoms with E-state index in [1.54, 1.807) is 0 Å². The van der Waals surface area contributed by atoms with Gasteiger partial charge in [0.25, 0.3) is 10.2 Å². The van der Waals surface area contributed by atoms with Crippen molar-refractivity contribution in [3.63, 3.8) is 0 Å². The minimum absolute atomic E-state index is 0.127. The van der Waals surface area contributed by atoms with Crippen molar-refractivity contribution in [2.45, 2.75) is 6.10 Å². The Labute approximate surface area is 111 Å². The standard InChI is InChI=1S/C9H9N3O8/c13-9(7-2-1-3-10-4-7)18-5-8(20-12(16)17)6-19-11(14)15/h1-4,8H,5-6H2. The van der Waals surface area contributed by atoms with Gasteiger partial charge < -0.3 is 14.4 Å². The third kappa shape index (κ3) is 5.57. The average molecular weight is 287 g/mol. The van der Waals surface area contributed by atoms with Crippen LogP contribution >= 0.6 is 0 Å². The predicted molar refractivity (Wildman–Crippen MR) is 59.3 cm³/mol. The number of pyridine rings is 1. The molecule has 1 unspecified atom stereocenters. The first-order chi connectivity index (χ1) is 9.49. The molecule has 108 valence electrons. The molecular weight excluding hydrogens is 278 g/mol. The molecule has 20 heavy (non-hydrogen) atoms. The molecule has 0 aromatic carbocycles. The fourth-order valence-corrected chi connectivity index (χ4v) is 1.11. The van der Waals surface area contributed by atoms with Crippen molar-refractivity contribution in [3.05, 3.63) is 50.3 Å². The lowest BCUT2D eigenvalue weighted by Crippen LogP contribution is -2.30. The maximum absolute atomic E-state index is 11.5. The summed E-state index contributed by atoms with van der Waals surface area (Å²) in [4.78, 5) is 43.4. The topological polar surface area (TPSA) is 144 Å². The normalized spacial score (nSPS) is 11.2. The van der Waals surface area contributed by atoms with E-state index < -0.39 is 35.5 Å². The third-order valence-corrected chi connectivity index (χ3v) is 1.90. The quantitative estimate of drug-likeness (QED) is 0.367. The average Bonchev–Trinajstić information content (AvgIpc) is 2.42. The fourth-order valence-electron chi connectivity index (χ4n) is 1.11. The monoisotopic (exact) mass is 287 g/mol. The molecule has 1 rings (SSSR count).